The predicted octanol–water partition coefficient (Wildman–Crippen LogP) is 1.90. The second-order valence-electron chi connectivity index (χ2n) is 4.25. The maximum atomic E-state index is 12.3. The third-order valence-electron chi connectivity index (χ3n) is 1.95. The summed E-state index contributed by atoms with van der Waals surface area (Å²) in [5.41, 5.74) is 5.45. The lowest BCUT2D eigenvalue weighted by atomic mass is 10.1. The monoisotopic (exact) mass is 203 g/mol. The molecule has 14 heavy (non-hydrogen) atoms. The Kier molecular flexibility index (Phi) is 2.89. The summed E-state index contributed by atoms with van der Waals surface area (Å²) in [6.45, 7) is 5.83. The van der Waals surface area contributed by atoms with Gasteiger partial charge in [-0.05, 0) is 20.8 Å². The summed E-state index contributed by atoms with van der Waals surface area (Å²) < 4.78 is 26.1. The topological polar surface area (TPSA) is 43.8 Å². The van der Waals surface area contributed by atoms with E-state index in [0.29, 0.717) is 5.56 Å². The van der Waals surface area contributed by atoms with Gasteiger partial charge < -0.3 is 5.73 Å². The van der Waals surface area contributed by atoms with Crippen LogP contribution in [-0.4, -0.2) is 16.2 Å². The van der Waals surface area contributed by atoms with Crippen LogP contribution in [0.4, 0.5) is 8.78 Å². The molecule has 0 aromatic carbocycles. The highest BCUT2D eigenvalue weighted by Gasteiger charge is 2.21. The molecule has 0 aliphatic heterocycles. The maximum absolute atomic E-state index is 12.3. The van der Waals surface area contributed by atoms with Crippen LogP contribution in [0.1, 0.15) is 32.4 Å². The zero-order chi connectivity index (χ0) is 10.9. The van der Waals surface area contributed by atoms with Crippen molar-refractivity contribution in [1.82, 2.24) is 9.78 Å². The van der Waals surface area contributed by atoms with Crippen LogP contribution in [-0.2, 0) is 5.54 Å². The van der Waals surface area contributed by atoms with Crippen LogP contribution in [0, 0.1) is 0 Å². The first kappa shape index (κ1) is 11.1. The number of nitrogens with two attached hydrogens (primary N) is 1. The number of hydrogen-bond donors (Lipinski definition) is 1. The summed E-state index contributed by atoms with van der Waals surface area (Å²) in [4.78, 5) is 0. The number of aromatic nitrogens is 2. The molecule has 1 aromatic heterocycles. The lowest BCUT2D eigenvalue weighted by molar-refractivity contribution is 0.116. The molecule has 0 saturated carbocycles. The minimum Gasteiger partial charge on any atom is -0.319 e. The Balaban J connectivity index is 2.89. The molecule has 1 rings (SSSR count). The van der Waals surface area contributed by atoms with Gasteiger partial charge in [0.2, 0.25) is 0 Å². The fraction of sp³-hybridized carbons (Fsp3) is 0.667. The third kappa shape index (κ3) is 2.29. The largest absolute Gasteiger partial charge is 0.319 e. The van der Waals surface area contributed by atoms with Gasteiger partial charge in [-0.25, -0.2) is 8.78 Å². The molecule has 0 aliphatic rings. The summed E-state index contributed by atoms with van der Waals surface area (Å²) >= 11 is 0. The summed E-state index contributed by atoms with van der Waals surface area (Å²) in [6.07, 6.45) is 0.409. The summed E-state index contributed by atoms with van der Waals surface area (Å²) in [7, 11) is 0. The number of nitrogens with zero attached hydrogens (tertiary/aromatic N) is 2. The highest BCUT2D eigenvalue weighted by molar-refractivity contribution is 5.11. The maximum Gasteiger partial charge on any atom is 0.257 e. The lowest BCUT2D eigenvalue weighted by Crippen LogP contribution is -2.22. The van der Waals surface area contributed by atoms with Gasteiger partial charge >= 0.3 is 0 Å². The van der Waals surface area contributed by atoms with Crippen LogP contribution in [0.3, 0.4) is 0 Å². The van der Waals surface area contributed by atoms with Crippen molar-refractivity contribution in [3.8, 4) is 0 Å². The molecule has 1 atom stereocenters. The smallest absolute Gasteiger partial charge is 0.257 e. The van der Waals surface area contributed by atoms with Gasteiger partial charge in [0, 0.05) is 11.8 Å². The van der Waals surface area contributed by atoms with Crippen LogP contribution in [0.2, 0.25) is 0 Å². The van der Waals surface area contributed by atoms with Gasteiger partial charge in [0.05, 0.1) is 17.8 Å². The van der Waals surface area contributed by atoms with E-state index >= 15 is 0 Å². The van der Waals surface area contributed by atoms with Crippen molar-refractivity contribution in [2.75, 3.05) is 0 Å². The Morgan fingerprint density at radius 1 is 1.43 bits per heavy atom. The molecular weight excluding hydrogens is 188 g/mol. The van der Waals surface area contributed by atoms with E-state index in [4.69, 9.17) is 5.73 Å². The van der Waals surface area contributed by atoms with Gasteiger partial charge in [-0.2, -0.15) is 5.10 Å². The van der Waals surface area contributed by atoms with Crippen molar-refractivity contribution in [2.45, 2.75) is 38.8 Å². The van der Waals surface area contributed by atoms with Crippen LogP contribution < -0.4 is 5.73 Å². The van der Waals surface area contributed by atoms with Gasteiger partial charge in [-0.15, -0.1) is 0 Å². The molecule has 0 radical (unpaired) electrons. The average Bonchev–Trinajstić information content (AvgIpc) is 2.49. The van der Waals surface area contributed by atoms with E-state index < -0.39 is 12.5 Å². The van der Waals surface area contributed by atoms with E-state index in [2.05, 4.69) is 5.10 Å². The minimum absolute atomic E-state index is 0.208. The van der Waals surface area contributed by atoms with Crippen molar-refractivity contribution >= 4 is 0 Å². The zero-order valence-corrected chi connectivity index (χ0v) is 8.54. The Labute approximate surface area is 81.9 Å². The van der Waals surface area contributed by atoms with Gasteiger partial charge in [0.25, 0.3) is 6.43 Å². The first-order chi connectivity index (χ1) is 6.32. The lowest BCUT2D eigenvalue weighted by Gasteiger charge is -2.19. The molecule has 1 aromatic rings. The number of rotatable bonds is 2. The summed E-state index contributed by atoms with van der Waals surface area (Å²) in [5, 5.41) is 3.99. The van der Waals surface area contributed by atoms with Crippen LogP contribution in [0.15, 0.2) is 12.4 Å². The fourth-order valence-corrected chi connectivity index (χ4v) is 1.02. The molecule has 5 heteroatoms. The van der Waals surface area contributed by atoms with Gasteiger partial charge in [0.1, 0.15) is 0 Å². The molecule has 0 amide bonds. The van der Waals surface area contributed by atoms with E-state index in [1.165, 1.54) is 6.20 Å². The third-order valence-corrected chi connectivity index (χ3v) is 1.95. The van der Waals surface area contributed by atoms with Gasteiger partial charge in [-0.3, -0.25) is 4.68 Å². The quantitative estimate of drug-likeness (QED) is 0.797. The molecule has 3 nitrogen and oxygen atoms in total. The average molecular weight is 203 g/mol. The van der Waals surface area contributed by atoms with Crippen molar-refractivity contribution in [2.24, 2.45) is 5.73 Å². The Morgan fingerprint density at radius 3 is 2.36 bits per heavy atom. The minimum atomic E-state index is -2.55. The SMILES string of the molecule is CC(C)(C)n1cc(C(N)C(F)F)cn1. The van der Waals surface area contributed by atoms with Crippen LogP contribution in [0.25, 0.3) is 0 Å². The standard InChI is InChI=1S/C9H15F2N3/c1-9(2,3)14-5-6(4-13-14)7(12)8(10)11/h4-5,7-8H,12H2,1-3H3. The van der Waals surface area contributed by atoms with Crippen LogP contribution >= 0.6 is 0 Å². The fourth-order valence-electron chi connectivity index (χ4n) is 1.02. The van der Waals surface area contributed by atoms with Crippen molar-refractivity contribution in [3.05, 3.63) is 18.0 Å². The second-order valence-corrected chi connectivity index (χ2v) is 4.25. The van der Waals surface area contributed by atoms with E-state index in [9.17, 15) is 8.78 Å². The van der Waals surface area contributed by atoms with Gasteiger partial charge in [0.15, 0.2) is 0 Å². The Bertz CT molecular complexity index is 301. The van der Waals surface area contributed by atoms with Crippen LogP contribution in [0.5, 0.6) is 0 Å². The van der Waals surface area contributed by atoms with E-state index in [1.807, 2.05) is 20.8 Å². The predicted molar refractivity (Wildman–Crippen MR) is 50.2 cm³/mol. The first-order valence-corrected chi connectivity index (χ1v) is 4.41. The Morgan fingerprint density at radius 2 is 2.00 bits per heavy atom. The Hall–Kier alpha value is -0.970. The van der Waals surface area contributed by atoms with Crippen molar-refractivity contribution < 1.29 is 8.78 Å². The normalized spacial score (nSPS) is 14.8. The molecule has 0 fully saturated rings. The number of halogens is 2. The number of hydrogen-bond acceptors (Lipinski definition) is 2. The molecule has 0 aliphatic carbocycles. The molecule has 0 saturated heterocycles. The van der Waals surface area contributed by atoms with Crippen molar-refractivity contribution in [1.29, 1.82) is 0 Å². The molecule has 1 heterocycles. The highest BCUT2D eigenvalue weighted by Crippen LogP contribution is 2.20. The second kappa shape index (κ2) is 3.65. The molecule has 0 spiro atoms. The van der Waals surface area contributed by atoms with E-state index in [-0.39, 0.29) is 5.54 Å². The molecule has 80 valence electrons. The van der Waals surface area contributed by atoms with E-state index in [1.54, 1.807) is 10.9 Å². The molecule has 2 N–H and O–H groups in total. The summed E-state index contributed by atoms with van der Waals surface area (Å²) in [5.74, 6) is 0. The van der Waals surface area contributed by atoms with E-state index in [0.717, 1.165) is 0 Å². The molecular formula is C9H15F2N3. The highest BCUT2D eigenvalue weighted by atomic mass is 19.3. The van der Waals surface area contributed by atoms with Crippen molar-refractivity contribution in [3.63, 3.8) is 0 Å². The first-order valence-electron chi connectivity index (χ1n) is 4.41. The molecule has 0 bridgehead atoms. The zero-order valence-electron chi connectivity index (χ0n) is 8.54. The molecule has 1 unspecified atom stereocenters. The van der Waals surface area contributed by atoms with Gasteiger partial charge in [-0.1, -0.05) is 0 Å². The summed E-state index contributed by atoms with van der Waals surface area (Å²) in [6, 6.07) is -1.24. The number of alkyl halides is 2.